The molecule has 0 heterocycles. The van der Waals surface area contributed by atoms with E-state index in [0.717, 1.165) is 0 Å². The number of benzene rings is 2. The Bertz CT molecular complexity index is 837. The second-order valence-electron chi connectivity index (χ2n) is 4.86. The van der Waals surface area contributed by atoms with Crippen molar-refractivity contribution in [2.24, 2.45) is 0 Å². The first kappa shape index (κ1) is 18.0. The van der Waals surface area contributed by atoms with E-state index in [9.17, 15) is 20.0 Å². The van der Waals surface area contributed by atoms with Crippen molar-refractivity contribution in [3.05, 3.63) is 64.7 Å². The smallest absolute Gasteiger partial charge is 0.266 e. The normalized spacial score (nSPS) is 10.6. The quantitative estimate of drug-likeness (QED) is 0.630. The molecule has 2 rings (SSSR count). The average Bonchev–Trinajstić information content (AvgIpc) is 2.60. The Balaban J connectivity index is 2.08. The Kier molecular flexibility index (Phi) is 6.15. The molecular formula is C18H12ClN2O4-. The van der Waals surface area contributed by atoms with Crippen LogP contribution in [-0.4, -0.2) is 18.5 Å². The molecule has 2 aromatic carbocycles. The summed E-state index contributed by atoms with van der Waals surface area (Å²) in [7, 11) is 0. The van der Waals surface area contributed by atoms with Gasteiger partial charge in [0.2, 0.25) is 0 Å². The summed E-state index contributed by atoms with van der Waals surface area (Å²) in [5.74, 6) is -1.54. The molecule has 1 amide bonds. The molecule has 1 N–H and O–H groups in total. The van der Waals surface area contributed by atoms with E-state index in [4.69, 9.17) is 16.3 Å². The van der Waals surface area contributed by atoms with Crippen molar-refractivity contribution >= 4 is 35.2 Å². The highest BCUT2D eigenvalue weighted by Gasteiger charge is 2.09. The van der Waals surface area contributed by atoms with Crippen molar-refractivity contribution < 1.29 is 19.4 Å². The van der Waals surface area contributed by atoms with Gasteiger partial charge < -0.3 is 20.0 Å². The Morgan fingerprint density at radius 2 is 1.80 bits per heavy atom. The molecule has 0 aliphatic carbocycles. The number of hydrogen-bond acceptors (Lipinski definition) is 5. The number of carbonyl (C=O) groups is 2. The fraction of sp³-hybridized carbons (Fsp3) is 0.0556. The molecule has 25 heavy (non-hydrogen) atoms. The first-order valence-corrected chi connectivity index (χ1v) is 7.47. The van der Waals surface area contributed by atoms with Crippen LogP contribution in [0.5, 0.6) is 5.75 Å². The third-order valence-corrected chi connectivity index (χ3v) is 3.27. The number of hydrogen-bond donors (Lipinski definition) is 1. The Morgan fingerprint density at radius 1 is 1.16 bits per heavy atom. The number of nitrogens with one attached hydrogen (secondary N) is 1. The highest BCUT2D eigenvalue weighted by Crippen LogP contribution is 2.17. The fourth-order valence-electron chi connectivity index (χ4n) is 1.85. The third-order valence-electron chi connectivity index (χ3n) is 3.01. The van der Waals surface area contributed by atoms with E-state index >= 15 is 0 Å². The highest BCUT2D eigenvalue weighted by molar-refractivity contribution is 6.30. The van der Waals surface area contributed by atoms with Crippen LogP contribution >= 0.6 is 11.6 Å². The summed E-state index contributed by atoms with van der Waals surface area (Å²) in [6.07, 6.45) is 1.41. The second kappa shape index (κ2) is 8.52. The van der Waals surface area contributed by atoms with Gasteiger partial charge in [-0.2, -0.15) is 5.26 Å². The van der Waals surface area contributed by atoms with Crippen LogP contribution in [0.25, 0.3) is 6.08 Å². The lowest BCUT2D eigenvalue weighted by atomic mass is 10.1. The van der Waals surface area contributed by atoms with Gasteiger partial charge in [-0.1, -0.05) is 23.7 Å². The number of amides is 1. The van der Waals surface area contributed by atoms with Gasteiger partial charge in [0.05, 0.1) is 5.97 Å². The molecule has 0 aromatic heterocycles. The van der Waals surface area contributed by atoms with Crippen LogP contribution in [-0.2, 0) is 9.59 Å². The van der Waals surface area contributed by atoms with Crippen molar-refractivity contribution in [2.75, 3.05) is 11.9 Å². The SMILES string of the molecule is N#C/C(=C/c1ccc(OCC(=O)[O-])cc1)C(=O)Nc1ccc(Cl)cc1. The number of rotatable bonds is 6. The highest BCUT2D eigenvalue weighted by atomic mass is 35.5. The summed E-state index contributed by atoms with van der Waals surface area (Å²) in [4.78, 5) is 22.5. The lowest BCUT2D eigenvalue weighted by Crippen LogP contribution is -2.28. The predicted molar refractivity (Wildman–Crippen MR) is 90.6 cm³/mol. The van der Waals surface area contributed by atoms with Gasteiger partial charge in [0, 0.05) is 10.7 Å². The van der Waals surface area contributed by atoms with Crippen LogP contribution < -0.4 is 15.2 Å². The number of nitrogens with zero attached hydrogens (tertiary/aromatic N) is 1. The molecule has 7 heteroatoms. The van der Waals surface area contributed by atoms with Gasteiger partial charge in [0.15, 0.2) is 0 Å². The van der Waals surface area contributed by atoms with Gasteiger partial charge in [-0.3, -0.25) is 4.79 Å². The maximum atomic E-state index is 12.1. The molecular weight excluding hydrogens is 344 g/mol. The molecule has 6 nitrogen and oxygen atoms in total. The van der Waals surface area contributed by atoms with Crippen molar-refractivity contribution in [1.82, 2.24) is 0 Å². The van der Waals surface area contributed by atoms with Crippen molar-refractivity contribution in [1.29, 1.82) is 5.26 Å². The standard InChI is InChI=1S/C18H13ClN2O4/c19-14-3-5-15(6-4-14)21-18(24)13(10-20)9-12-1-7-16(8-2-12)25-11-17(22)23/h1-9H,11H2,(H,21,24)(H,22,23)/p-1/b13-9-. The van der Waals surface area contributed by atoms with E-state index in [1.807, 2.05) is 6.07 Å². The summed E-state index contributed by atoms with van der Waals surface area (Å²) in [6, 6.07) is 14.6. The molecule has 0 saturated carbocycles. The minimum Gasteiger partial charge on any atom is -0.546 e. The van der Waals surface area contributed by atoms with Crippen molar-refractivity contribution in [2.45, 2.75) is 0 Å². The third kappa shape index (κ3) is 5.68. The van der Waals surface area contributed by atoms with E-state index in [-0.39, 0.29) is 5.57 Å². The summed E-state index contributed by atoms with van der Waals surface area (Å²) >= 11 is 5.78. The lowest BCUT2D eigenvalue weighted by molar-refractivity contribution is -0.307. The van der Waals surface area contributed by atoms with Gasteiger partial charge in [0.1, 0.15) is 24.0 Å². The number of carbonyl (C=O) groups excluding carboxylic acids is 2. The number of anilines is 1. The van der Waals surface area contributed by atoms with Crippen molar-refractivity contribution in [3.63, 3.8) is 0 Å². The van der Waals surface area contributed by atoms with Crippen LogP contribution in [0.15, 0.2) is 54.1 Å². The molecule has 126 valence electrons. The summed E-state index contributed by atoms with van der Waals surface area (Å²) in [5.41, 5.74) is 1.02. The fourth-order valence-corrected chi connectivity index (χ4v) is 1.98. The number of carboxylic acid groups (broad SMARTS) is 1. The van der Waals surface area contributed by atoms with Gasteiger partial charge in [-0.05, 0) is 48.0 Å². The molecule has 0 fully saturated rings. The number of carboxylic acids is 1. The van der Waals surface area contributed by atoms with Crippen molar-refractivity contribution in [3.8, 4) is 11.8 Å². The van der Waals surface area contributed by atoms with E-state index in [1.54, 1.807) is 36.4 Å². The number of aliphatic carboxylic acids is 1. The zero-order valence-corrected chi connectivity index (χ0v) is 13.6. The van der Waals surface area contributed by atoms with Crippen LogP contribution in [0.4, 0.5) is 5.69 Å². The van der Waals surface area contributed by atoms with Gasteiger partial charge in [-0.25, -0.2) is 0 Å². The predicted octanol–water partition coefficient (Wildman–Crippen LogP) is 2.01. The molecule has 0 atom stereocenters. The summed E-state index contributed by atoms with van der Waals surface area (Å²) in [6.45, 7) is -0.553. The molecule has 0 unspecified atom stereocenters. The number of halogens is 1. The van der Waals surface area contributed by atoms with E-state index in [1.165, 1.54) is 18.2 Å². The average molecular weight is 356 g/mol. The van der Waals surface area contributed by atoms with Crippen LogP contribution in [0.1, 0.15) is 5.56 Å². The minimum absolute atomic E-state index is 0.0849. The zero-order chi connectivity index (χ0) is 18.2. The Hall–Kier alpha value is -3.30. The van der Waals surface area contributed by atoms with Crippen LogP contribution in [0, 0.1) is 11.3 Å². The minimum atomic E-state index is -1.32. The molecule has 0 spiro atoms. The monoisotopic (exact) mass is 355 g/mol. The molecule has 0 saturated heterocycles. The second-order valence-corrected chi connectivity index (χ2v) is 5.30. The molecule has 0 aliphatic heterocycles. The van der Waals surface area contributed by atoms with E-state index in [0.29, 0.717) is 22.0 Å². The van der Waals surface area contributed by atoms with E-state index in [2.05, 4.69) is 5.32 Å². The first-order chi connectivity index (χ1) is 12.0. The topological polar surface area (TPSA) is 102 Å². The molecule has 0 radical (unpaired) electrons. The van der Waals surface area contributed by atoms with Crippen LogP contribution in [0.3, 0.4) is 0 Å². The molecule has 0 bridgehead atoms. The summed E-state index contributed by atoms with van der Waals surface area (Å²) in [5, 5.41) is 22.7. The number of nitriles is 1. The first-order valence-electron chi connectivity index (χ1n) is 7.09. The zero-order valence-electron chi connectivity index (χ0n) is 12.9. The maximum absolute atomic E-state index is 12.1. The Morgan fingerprint density at radius 3 is 2.36 bits per heavy atom. The molecule has 0 aliphatic rings. The molecule has 2 aromatic rings. The number of ether oxygens (including phenoxy) is 1. The lowest BCUT2D eigenvalue weighted by Gasteiger charge is -2.07. The Labute approximate surface area is 148 Å². The largest absolute Gasteiger partial charge is 0.546 e. The maximum Gasteiger partial charge on any atom is 0.266 e. The summed E-state index contributed by atoms with van der Waals surface area (Å²) < 4.78 is 4.95. The van der Waals surface area contributed by atoms with Crippen LogP contribution in [0.2, 0.25) is 5.02 Å². The van der Waals surface area contributed by atoms with Gasteiger partial charge in [0.25, 0.3) is 5.91 Å². The van der Waals surface area contributed by atoms with Gasteiger partial charge in [-0.15, -0.1) is 0 Å². The van der Waals surface area contributed by atoms with E-state index < -0.39 is 18.5 Å². The van der Waals surface area contributed by atoms with Gasteiger partial charge >= 0.3 is 0 Å².